The van der Waals surface area contributed by atoms with E-state index in [2.05, 4.69) is 0 Å². The molecule has 0 saturated carbocycles. The highest BCUT2D eigenvalue weighted by molar-refractivity contribution is 7.46. The van der Waals surface area contributed by atoms with Crippen molar-refractivity contribution in [2.45, 2.75) is 18.4 Å². The molecule has 0 aliphatic carbocycles. The lowest BCUT2D eigenvalue weighted by atomic mass is 9.85. The zero-order valence-electron chi connectivity index (χ0n) is 17.4. The van der Waals surface area contributed by atoms with Crippen LogP contribution >= 0.6 is 19.4 Å². The predicted octanol–water partition coefficient (Wildman–Crippen LogP) is 2.22. The van der Waals surface area contributed by atoms with Crippen molar-refractivity contribution in [2.24, 2.45) is 0 Å². The van der Waals surface area contributed by atoms with Gasteiger partial charge in [0.2, 0.25) is 0 Å². The molecule has 9 nitrogen and oxygen atoms in total. The van der Waals surface area contributed by atoms with Crippen molar-refractivity contribution in [2.75, 3.05) is 20.1 Å². The summed E-state index contributed by atoms with van der Waals surface area (Å²) in [5.74, 6) is -1.58. The highest BCUT2D eigenvalue weighted by Gasteiger charge is 2.38. The van der Waals surface area contributed by atoms with Crippen molar-refractivity contribution >= 4 is 43.7 Å². The normalized spacial score (nSPS) is 19.8. The molecule has 12 heteroatoms. The fraction of sp³-hybridized carbons (Fsp3) is 0.286. The average molecular weight is 492 g/mol. The van der Waals surface area contributed by atoms with Gasteiger partial charge in [-0.3, -0.25) is 9.32 Å². The summed E-state index contributed by atoms with van der Waals surface area (Å²) in [5, 5.41) is 21.1. The number of rotatable bonds is 4. The first-order valence-electron chi connectivity index (χ1n) is 9.95. The van der Waals surface area contributed by atoms with Gasteiger partial charge < -0.3 is 29.3 Å². The van der Waals surface area contributed by atoms with Crippen LogP contribution in [0.1, 0.15) is 17.9 Å². The molecule has 0 amide bonds. The molecule has 4 N–H and O–H groups in total. The van der Waals surface area contributed by atoms with E-state index in [0.29, 0.717) is 18.5 Å². The summed E-state index contributed by atoms with van der Waals surface area (Å²) in [6, 6.07) is 6.97. The first-order valence-corrected chi connectivity index (χ1v) is 11.9. The van der Waals surface area contributed by atoms with Crippen molar-refractivity contribution in [3.63, 3.8) is 0 Å². The minimum absolute atomic E-state index is 0.0523. The van der Waals surface area contributed by atoms with Crippen LogP contribution < -0.4 is 10.9 Å². The SMILES string of the molecule is [B]c1cccc(-c2cc(=O)c3c(O)cc(O)c(C4CCN(C)CC4OP(=O)(O)O)c3o2)c1Cl. The Labute approximate surface area is 194 Å². The van der Waals surface area contributed by atoms with Crippen LogP contribution in [0.15, 0.2) is 39.5 Å². The van der Waals surface area contributed by atoms with Crippen molar-refractivity contribution < 1.29 is 33.5 Å². The molecule has 1 fully saturated rings. The fourth-order valence-corrected chi connectivity index (χ4v) is 5.02. The van der Waals surface area contributed by atoms with Gasteiger partial charge in [-0.1, -0.05) is 29.2 Å². The number of nitrogens with zero attached hydrogens (tertiary/aromatic N) is 1. The quantitative estimate of drug-likeness (QED) is 0.319. The molecule has 1 aliphatic heterocycles. The van der Waals surface area contributed by atoms with Gasteiger partial charge in [0, 0.05) is 40.7 Å². The lowest BCUT2D eigenvalue weighted by Crippen LogP contribution is -2.41. The summed E-state index contributed by atoms with van der Waals surface area (Å²) in [7, 11) is 2.77. The van der Waals surface area contributed by atoms with E-state index in [1.54, 1.807) is 25.2 Å². The summed E-state index contributed by atoms with van der Waals surface area (Å²) in [6.45, 7) is 0.682. The van der Waals surface area contributed by atoms with Gasteiger partial charge in [-0.15, -0.1) is 0 Å². The van der Waals surface area contributed by atoms with Crippen LogP contribution in [0.25, 0.3) is 22.3 Å². The van der Waals surface area contributed by atoms with E-state index in [4.69, 9.17) is 28.4 Å². The third-order valence-electron chi connectivity index (χ3n) is 5.70. The zero-order valence-corrected chi connectivity index (χ0v) is 19.1. The van der Waals surface area contributed by atoms with E-state index in [-0.39, 0.29) is 39.3 Å². The molecule has 2 radical (unpaired) electrons. The number of phosphoric acid groups is 1. The number of hydrogen-bond acceptors (Lipinski definition) is 7. The second kappa shape index (κ2) is 8.79. The molecule has 2 unspecified atom stereocenters. The Hall–Kier alpha value is -2.33. The molecule has 1 aromatic heterocycles. The lowest BCUT2D eigenvalue weighted by molar-refractivity contribution is 0.0544. The van der Waals surface area contributed by atoms with Crippen LogP contribution in [0.5, 0.6) is 11.5 Å². The minimum atomic E-state index is -4.86. The van der Waals surface area contributed by atoms with Crippen LogP contribution in [0.3, 0.4) is 0 Å². The number of likely N-dealkylation sites (tertiary alicyclic amines) is 1. The first-order chi connectivity index (χ1) is 15.5. The molecule has 4 rings (SSSR count). The molecule has 33 heavy (non-hydrogen) atoms. The van der Waals surface area contributed by atoms with E-state index < -0.39 is 36.8 Å². The Morgan fingerprint density at radius 3 is 2.67 bits per heavy atom. The van der Waals surface area contributed by atoms with Crippen LogP contribution in [0, 0.1) is 0 Å². The first kappa shape index (κ1) is 23.8. The molecular formula is C21H20BClNO8P. The van der Waals surface area contributed by atoms with Gasteiger partial charge in [0.25, 0.3) is 0 Å². The van der Waals surface area contributed by atoms with Gasteiger partial charge in [0.05, 0.1) is 6.10 Å². The van der Waals surface area contributed by atoms with Crippen LogP contribution in [-0.2, 0) is 9.09 Å². The maximum absolute atomic E-state index is 13.0. The second-order valence-corrected chi connectivity index (χ2v) is 9.58. The Kier molecular flexibility index (Phi) is 6.35. The highest BCUT2D eigenvalue weighted by Crippen LogP contribution is 2.47. The molecule has 1 saturated heterocycles. The number of likely N-dealkylation sites (N-methyl/N-ethyl adjacent to an activating group) is 1. The third-order valence-corrected chi connectivity index (χ3v) is 6.66. The maximum Gasteiger partial charge on any atom is 0.469 e. The average Bonchev–Trinajstić information content (AvgIpc) is 2.69. The number of aromatic hydroxyl groups is 2. The molecule has 3 aromatic rings. The number of piperidine rings is 1. The summed E-state index contributed by atoms with van der Waals surface area (Å²) in [5.41, 5.74) is -0.0169. The standard InChI is InChI=1S/C21H20BClNO8P/c1-24-6-5-10(17(9-24)32-33(28,29)30)18-13(25)7-14(26)19-15(27)8-16(31-21(18)19)11-3-2-4-12(22)20(11)23/h2-4,7-8,10,17,25-26H,5-6,9H2,1H3,(H2,28,29,30). The number of phenols is 2. The summed E-state index contributed by atoms with van der Waals surface area (Å²) in [6.07, 6.45) is -0.685. The van der Waals surface area contributed by atoms with E-state index in [0.717, 1.165) is 12.1 Å². The van der Waals surface area contributed by atoms with Gasteiger partial charge in [0.1, 0.15) is 36.1 Å². The number of benzene rings is 2. The van der Waals surface area contributed by atoms with E-state index in [9.17, 15) is 29.4 Å². The topological polar surface area (TPSA) is 141 Å². The summed E-state index contributed by atoms with van der Waals surface area (Å²) in [4.78, 5) is 33.6. The molecule has 172 valence electrons. The van der Waals surface area contributed by atoms with E-state index in [1.165, 1.54) is 0 Å². The van der Waals surface area contributed by atoms with Crippen molar-refractivity contribution in [3.05, 3.63) is 51.1 Å². The van der Waals surface area contributed by atoms with Crippen molar-refractivity contribution in [1.29, 1.82) is 0 Å². The molecular weight excluding hydrogens is 471 g/mol. The van der Waals surface area contributed by atoms with Gasteiger partial charge >= 0.3 is 7.82 Å². The van der Waals surface area contributed by atoms with E-state index in [1.807, 2.05) is 4.90 Å². The summed E-state index contributed by atoms with van der Waals surface area (Å²) >= 11 is 6.30. The van der Waals surface area contributed by atoms with Crippen LogP contribution in [-0.4, -0.2) is 59.0 Å². The van der Waals surface area contributed by atoms with Crippen molar-refractivity contribution in [3.8, 4) is 22.8 Å². The Bertz CT molecular complexity index is 1340. The van der Waals surface area contributed by atoms with Gasteiger partial charge in [-0.25, -0.2) is 4.57 Å². The Balaban J connectivity index is 1.98. The highest BCUT2D eigenvalue weighted by atomic mass is 35.5. The van der Waals surface area contributed by atoms with Crippen LogP contribution in [0.4, 0.5) is 0 Å². The molecule has 2 heterocycles. The number of phenolic OH excluding ortho intramolecular Hbond substituents is 2. The van der Waals surface area contributed by atoms with E-state index >= 15 is 0 Å². The molecule has 0 bridgehead atoms. The Morgan fingerprint density at radius 2 is 1.97 bits per heavy atom. The van der Waals surface area contributed by atoms with Crippen LogP contribution in [0.2, 0.25) is 5.02 Å². The molecule has 0 spiro atoms. The maximum atomic E-state index is 13.0. The van der Waals surface area contributed by atoms with Gasteiger partial charge in [0.15, 0.2) is 5.43 Å². The van der Waals surface area contributed by atoms with Gasteiger partial charge in [-0.2, -0.15) is 0 Å². The number of fused-ring (bicyclic) bond motifs is 1. The summed E-state index contributed by atoms with van der Waals surface area (Å²) < 4.78 is 22.6. The molecule has 2 atom stereocenters. The molecule has 2 aromatic carbocycles. The number of phosphoric ester groups is 1. The predicted molar refractivity (Wildman–Crippen MR) is 123 cm³/mol. The lowest BCUT2D eigenvalue weighted by Gasteiger charge is -2.36. The largest absolute Gasteiger partial charge is 0.507 e. The monoisotopic (exact) mass is 491 g/mol. The Morgan fingerprint density at radius 1 is 1.24 bits per heavy atom. The zero-order chi connectivity index (χ0) is 24.1. The van der Waals surface area contributed by atoms with Crippen molar-refractivity contribution in [1.82, 2.24) is 4.90 Å². The fourth-order valence-electron chi connectivity index (χ4n) is 4.24. The molecule has 1 aliphatic rings. The minimum Gasteiger partial charge on any atom is -0.507 e. The number of hydrogen-bond donors (Lipinski definition) is 4. The smallest absolute Gasteiger partial charge is 0.469 e. The second-order valence-electron chi connectivity index (χ2n) is 8.01. The third kappa shape index (κ3) is 4.68. The van der Waals surface area contributed by atoms with Gasteiger partial charge in [-0.05, 0) is 26.1 Å². The number of halogens is 1.